The van der Waals surface area contributed by atoms with Gasteiger partial charge >= 0.3 is 0 Å². The fraction of sp³-hybridized carbons (Fsp3) is 0.200. The molecule has 0 saturated carbocycles. The normalized spacial score (nSPS) is 19.8. The second-order valence-corrected chi connectivity index (χ2v) is 5.81. The van der Waals surface area contributed by atoms with Gasteiger partial charge in [0.05, 0.1) is 12.1 Å². The molecule has 0 aromatic heterocycles. The molecular weight excluding hydrogens is 302 g/mol. The summed E-state index contributed by atoms with van der Waals surface area (Å²) in [7, 11) is 0. The van der Waals surface area contributed by atoms with Gasteiger partial charge in [0.2, 0.25) is 0 Å². The summed E-state index contributed by atoms with van der Waals surface area (Å²) in [5, 5.41) is 10.9. The van der Waals surface area contributed by atoms with Crippen molar-refractivity contribution in [2.24, 2.45) is 0 Å². The molecule has 4 heteroatoms. The number of para-hydroxylation sites is 1. The maximum absolute atomic E-state index is 12.6. The standard InChI is InChI=1S/C20H19NO3/c1-2-21-18-11-7-6-10-17(18)20(24,19(21)23)14-16(22)13-12-15-8-4-3-5-9-15/h3-13,24H,2,14H2,1H3/b13-12+/t20-/m1/s1. The van der Waals surface area contributed by atoms with Gasteiger partial charge in [0.15, 0.2) is 11.4 Å². The molecule has 0 bridgehead atoms. The van der Waals surface area contributed by atoms with Crippen LogP contribution in [0.1, 0.15) is 24.5 Å². The molecule has 1 amide bonds. The highest BCUT2D eigenvalue weighted by Crippen LogP contribution is 2.42. The monoisotopic (exact) mass is 321 g/mol. The fourth-order valence-corrected chi connectivity index (χ4v) is 3.06. The lowest BCUT2D eigenvalue weighted by molar-refractivity contribution is -0.140. The lowest BCUT2D eigenvalue weighted by Gasteiger charge is -2.21. The minimum atomic E-state index is -1.79. The van der Waals surface area contributed by atoms with Gasteiger partial charge in [0, 0.05) is 12.1 Å². The summed E-state index contributed by atoms with van der Waals surface area (Å²) in [5.41, 5.74) is 0.280. The van der Waals surface area contributed by atoms with Gasteiger partial charge in [-0.2, -0.15) is 0 Å². The van der Waals surface area contributed by atoms with Crippen LogP contribution in [0.5, 0.6) is 0 Å². The van der Waals surface area contributed by atoms with Crippen LogP contribution >= 0.6 is 0 Å². The highest BCUT2D eigenvalue weighted by molar-refractivity contribution is 6.10. The zero-order valence-electron chi connectivity index (χ0n) is 13.5. The van der Waals surface area contributed by atoms with Gasteiger partial charge < -0.3 is 10.0 Å². The third-order valence-electron chi connectivity index (χ3n) is 4.25. The van der Waals surface area contributed by atoms with Gasteiger partial charge in [-0.25, -0.2) is 0 Å². The molecular formula is C20H19NO3. The second-order valence-electron chi connectivity index (χ2n) is 5.81. The van der Waals surface area contributed by atoms with Crippen LogP contribution in [0.4, 0.5) is 5.69 Å². The number of carbonyl (C=O) groups is 2. The number of aliphatic hydroxyl groups is 1. The third kappa shape index (κ3) is 2.76. The van der Waals surface area contributed by atoms with Crippen molar-refractivity contribution >= 4 is 23.5 Å². The summed E-state index contributed by atoms with van der Waals surface area (Å²) in [6.07, 6.45) is 2.84. The van der Waals surface area contributed by atoms with E-state index in [4.69, 9.17) is 0 Å². The molecule has 0 radical (unpaired) electrons. The van der Waals surface area contributed by atoms with Gasteiger partial charge in [-0.3, -0.25) is 9.59 Å². The Morgan fingerprint density at radius 2 is 1.79 bits per heavy atom. The SMILES string of the molecule is CCN1C(=O)[C@@](O)(CC(=O)/C=C/c2ccccc2)c2ccccc21. The third-order valence-corrected chi connectivity index (χ3v) is 4.25. The van der Waals surface area contributed by atoms with Gasteiger partial charge in [0.1, 0.15) is 0 Å². The largest absolute Gasteiger partial charge is 0.375 e. The number of likely N-dealkylation sites (N-methyl/N-ethyl adjacent to an activating group) is 1. The maximum atomic E-state index is 12.6. The molecule has 1 aliphatic rings. The predicted octanol–water partition coefficient (Wildman–Crippen LogP) is 2.91. The molecule has 0 unspecified atom stereocenters. The molecule has 0 fully saturated rings. The Labute approximate surface area is 141 Å². The van der Waals surface area contributed by atoms with E-state index in [9.17, 15) is 14.7 Å². The minimum absolute atomic E-state index is 0.261. The summed E-state index contributed by atoms with van der Waals surface area (Å²) in [6.45, 7) is 2.30. The number of anilines is 1. The number of fused-ring (bicyclic) bond motifs is 1. The number of carbonyl (C=O) groups excluding carboxylic acids is 2. The highest BCUT2D eigenvalue weighted by Gasteiger charge is 2.49. The zero-order valence-corrected chi connectivity index (χ0v) is 13.5. The van der Waals surface area contributed by atoms with E-state index >= 15 is 0 Å². The molecule has 1 aliphatic heterocycles. The molecule has 1 N–H and O–H groups in total. The van der Waals surface area contributed by atoms with E-state index in [1.165, 1.54) is 11.0 Å². The van der Waals surface area contributed by atoms with Crippen LogP contribution in [0, 0.1) is 0 Å². The number of nitrogens with zero attached hydrogens (tertiary/aromatic N) is 1. The van der Waals surface area contributed by atoms with Crippen LogP contribution in [-0.2, 0) is 15.2 Å². The number of ketones is 1. The van der Waals surface area contributed by atoms with Gasteiger partial charge in [-0.1, -0.05) is 54.6 Å². The van der Waals surface area contributed by atoms with E-state index in [0.29, 0.717) is 17.8 Å². The molecule has 2 aromatic rings. The summed E-state index contributed by atoms with van der Waals surface area (Å²) >= 11 is 0. The van der Waals surface area contributed by atoms with E-state index in [0.717, 1.165) is 5.56 Å². The minimum Gasteiger partial charge on any atom is -0.375 e. The van der Waals surface area contributed by atoms with Gasteiger partial charge in [0.25, 0.3) is 5.91 Å². The Morgan fingerprint density at radius 1 is 1.12 bits per heavy atom. The van der Waals surface area contributed by atoms with Crippen molar-refractivity contribution < 1.29 is 14.7 Å². The summed E-state index contributed by atoms with van der Waals surface area (Å²) in [6, 6.07) is 16.5. The smallest absolute Gasteiger partial charge is 0.264 e. The van der Waals surface area contributed by atoms with Gasteiger partial charge in [-0.15, -0.1) is 0 Å². The van der Waals surface area contributed by atoms with Crippen molar-refractivity contribution in [1.29, 1.82) is 0 Å². The average Bonchev–Trinajstić information content (AvgIpc) is 2.82. The van der Waals surface area contributed by atoms with Crippen molar-refractivity contribution in [2.45, 2.75) is 18.9 Å². The first-order valence-corrected chi connectivity index (χ1v) is 7.96. The average molecular weight is 321 g/mol. The van der Waals surface area contributed by atoms with Crippen LogP contribution in [0.3, 0.4) is 0 Å². The summed E-state index contributed by atoms with van der Waals surface area (Å²) < 4.78 is 0. The number of allylic oxidation sites excluding steroid dienone is 1. The van der Waals surface area contributed by atoms with Crippen LogP contribution in [0.15, 0.2) is 60.7 Å². The highest BCUT2D eigenvalue weighted by atomic mass is 16.3. The first-order valence-electron chi connectivity index (χ1n) is 7.96. The molecule has 122 valence electrons. The van der Waals surface area contributed by atoms with Crippen molar-refractivity contribution in [3.05, 3.63) is 71.8 Å². The van der Waals surface area contributed by atoms with E-state index in [-0.39, 0.29) is 12.2 Å². The van der Waals surface area contributed by atoms with Crippen molar-refractivity contribution in [1.82, 2.24) is 0 Å². The van der Waals surface area contributed by atoms with E-state index in [1.807, 2.05) is 43.3 Å². The molecule has 0 saturated heterocycles. The Hall–Kier alpha value is -2.72. The van der Waals surface area contributed by atoms with Crippen molar-refractivity contribution in [2.75, 3.05) is 11.4 Å². The van der Waals surface area contributed by atoms with Gasteiger partial charge in [-0.05, 0) is 24.6 Å². The van der Waals surface area contributed by atoms with Crippen molar-refractivity contribution in [3.63, 3.8) is 0 Å². The van der Waals surface area contributed by atoms with E-state index < -0.39 is 11.5 Å². The van der Waals surface area contributed by atoms with Crippen LogP contribution < -0.4 is 4.90 Å². The number of hydrogen-bond donors (Lipinski definition) is 1. The molecule has 1 heterocycles. The molecule has 0 spiro atoms. The maximum Gasteiger partial charge on any atom is 0.264 e. The number of rotatable bonds is 5. The topological polar surface area (TPSA) is 57.6 Å². The molecule has 24 heavy (non-hydrogen) atoms. The summed E-state index contributed by atoms with van der Waals surface area (Å²) in [5.74, 6) is -0.727. The molecule has 3 rings (SSSR count). The molecule has 1 atom stereocenters. The van der Waals surface area contributed by atoms with Crippen LogP contribution in [0.2, 0.25) is 0 Å². The summed E-state index contributed by atoms with van der Waals surface area (Å²) in [4.78, 5) is 26.5. The quantitative estimate of drug-likeness (QED) is 0.862. The lowest BCUT2D eigenvalue weighted by Crippen LogP contribution is -2.41. The Bertz CT molecular complexity index is 798. The molecule has 2 aromatic carbocycles. The number of amides is 1. The predicted molar refractivity (Wildman–Crippen MR) is 93.5 cm³/mol. The second kappa shape index (κ2) is 6.42. The number of benzene rings is 2. The fourth-order valence-electron chi connectivity index (χ4n) is 3.06. The number of hydrogen-bond acceptors (Lipinski definition) is 3. The van der Waals surface area contributed by atoms with E-state index in [1.54, 1.807) is 24.3 Å². The van der Waals surface area contributed by atoms with Crippen LogP contribution in [0.25, 0.3) is 6.08 Å². The molecule has 0 aliphatic carbocycles. The Kier molecular flexibility index (Phi) is 4.32. The first kappa shape index (κ1) is 16.1. The molecule has 4 nitrogen and oxygen atoms in total. The van der Waals surface area contributed by atoms with Crippen LogP contribution in [-0.4, -0.2) is 23.3 Å². The first-order chi connectivity index (χ1) is 11.6. The van der Waals surface area contributed by atoms with E-state index in [2.05, 4.69) is 0 Å². The zero-order chi connectivity index (χ0) is 17.2. The Morgan fingerprint density at radius 3 is 2.50 bits per heavy atom. The Balaban J connectivity index is 1.85. The van der Waals surface area contributed by atoms with Crippen molar-refractivity contribution in [3.8, 4) is 0 Å². The lowest BCUT2D eigenvalue weighted by atomic mass is 9.90.